The number of nitrogens with zero attached hydrogens (tertiary/aromatic N) is 1. The number of benzene rings is 2. The Morgan fingerprint density at radius 2 is 1.84 bits per heavy atom. The molecule has 37 heavy (non-hydrogen) atoms. The summed E-state index contributed by atoms with van der Waals surface area (Å²) in [5, 5.41) is 11.8. The summed E-state index contributed by atoms with van der Waals surface area (Å²) in [6.07, 6.45) is -4.62. The largest absolute Gasteiger partial charge is 0.429 e. The van der Waals surface area contributed by atoms with Crippen molar-refractivity contribution in [3.63, 3.8) is 0 Å². The molecule has 0 saturated heterocycles. The summed E-state index contributed by atoms with van der Waals surface area (Å²) in [4.78, 5) is 16.9. The van der Waals surface area contributed by atoms with E-state index in [-0.39, 0.29) is 22.0 Å². The Morgan fingerprint density at radius 1 is 1.11 bits per heavy atom. The third-order valence-corrected chi connectivity index (χ3v) is 7.10. The highest BCUT2D eigenvalue weighted by Crippen LogP contribution is 2.33. The molecule has 3 rings (SSSR count). The highest BCUT2D eigenvalue weighted by molar-refractivity contribution is 7.90. The molecule has 1 amide bonds. The maximum atomic E-state index is 13.2. The summed E-state index contributed by atoms with van der Waals surface area (Å²) >= 11 is 1.10. The zero-order valence-electron chi connectivity index (χ0n) is 19.9. The van der Waals surface area contributed by atoms with Gasteiger partial charge in [0, 0.05) is 24.1 Å². The monoisotopic (exact) mass is 551 g/mol. The van der Waals surface area contributed by atoms with Gasteiger partial charge in [0.25, 0.3) is 0 Å². The van der Waals surface area contributed by atoms with E-state index in [0.717, 1.165) is 17.6 Å². The molecule has 0 fully saturated rings. The average molecular weight is 552 g/mol. The van der Waals surface area contributed by atoms with Crippen molar-refractivity contribution in [2.45, 2.75) is 30.8 Å². The Hall–Kier alpha value is -3.51. The van der Waals surface area contributed by atoms with Gasteiger partial charge in [-0.15, -0.1) is 11.3 Å². The summed E-state index contributed by atoms with van der Waals surface area (Å²) in [6.45, 7) is 2.25. The van der Waals surface area contributed by atoms with Crippen LogP contribution in [0.2, 0.25) is 0 Å². The van der Waals surface area contributed by atoms with Crippen LogP contribution in [0.4, 0.5) is 23.7 Å². The van der Waals surface area contributed by atoms with E-state index in [1.165, 1.54) is 24.3 Å². The van der Waals surface area contributed by atoms with Crippen LogP contribution in [0.15, 0.2) is 69.9 Å². The van der Waals surface area contributed by atoms with Crippen LogP contribution < -0.4 is 10.1 Å². The zero-order chi connectivity index (χ0) is 27.2. The van der Waals surface area contributed by atoms with Gasteiger partial charge in [-0.05, 0) is 53.3 Å². The van der Waals surface area contributed by atoms with Gasteiger partial charge in [0.05, 0.1) is 10.6 Å². The summed E-state index contributed by atoms with van der Waals surface area (Å²) in [5.41, 5.74) is -0.275. The van der Waals surface area contributed by atoms with Gasteiger partial charge >= 0.3 is 12.3 Å². The van der Waals surface area contributed by atoms with Gasteiger partial charge in [-0.3, -0.25) is 0 Å². The number of ether oxygens (including phenoxy) is 1. The summed E-state index contributed by atoms with van der Waals surface area (Å²) in [6, 6.07) is 13.9. The van der Waals surface area contributed by atoms with E-state index in [9.17, 15) is 26.4 Å². The van der Waals surface area contributed by atoms with E-state index in [1.54, 1.807) is 35.7 Å². The molecule has 0 unspecified atom stereocenters. The van der Waals surface area contributed by atoms with Crippen molar-refractivity contribution in [2.75, 3.05) is 12.8 Å². The Bertz CT molecular complexity index is 1430. The first-order chi connectivity index (χ1) is 17.4. The number of carbonyl (C=O) groups excluding carboxylic acids is 1. The first-order valence-electron chi connectivity index (χ1n) is 11.0. The number of rotatable bonds is 9. The molecule has 3 aromatic rings. The highest BCUT2D eigenvalue weighted by Gasteiger charge is 2.35. The molecule has 0 radical (unpaired) electrons. The molecular weight excluding hydrogens is 527 g/mol. The van der Waals surface area contributed by atoms with Crippen LogP contribution in [0.1, 0.15) is 24.6 Å². The van der Waals surface area contributed by atoms with Crippen molar-refractivity contribution < 1.29 is 31.1 Å². The molecule has 1 aromatic heterocycles. The molecule has 2 N–H and O–H groups in total. The molecular formula is C25H24F3N3O4S2. The smallest absolute Gasteiger partial charge is 0.408 e. The number of aliphatic imine (C=N–C) groups is 1. The molecule has 12 heteroatoms. The summed E-state index contributed by atoms with van der Waals surface area (Å²) < 4.78 is 68.9. The molecule has 0 saturated carbocycles. The summed E-state index contributed by atoms with van der Waals surface area (Å²) in [5.74, 6) is 0.0461. The van der Waals surface area contributed by atoms with Crippen LogP contribution in [0.3, 0.4) is 0 Å². The number of carbonyl (C=O) groups is 1. The number of nitrogens with one attached hydrogen (secondary N) is 2. The van der Waals surface area contributed by atoms with Crippen molar-refractivity contribution in [2.24, 2.45) is 4.99 Å². The van der Waals surface area contributed by atoms with Crippen LogP contribution >= 0.6 is 11.3 Å². The predicted octanol–water partition coefficient (Wildman–Crippen LogP) is 6.41. The zero-order valence-corrected chi connectivity index (χ0v) is 21.6. The van der Waals surface area contributed by atoms with Crippen LogP contribution in [-0.2, 0) is 9.84 Å². The molecule has 196 valence electrons. The maximum absolute atomic E-state index is 13.2. The van der Waals surface area contributed by atoms with Crippen LogP contribution in [-0.4, -0.2) is 44.9 Å². The Morgan fingerprint density at radius 3 is 2.51 bits per heavy atom. The maximum Gasteiger partial charge on any atom is 0.429 e. The lowest BCUT2D eigenvalue weighted by Gasteiger charge is -2.12. The molecule has 2 aromatic carbocycles. The minimum Gasteiger partial charge on any atom is -0.408 e. The van der Waals surface area contributed by atoms with Gasteiger partial charge in [0.15, 0.2) is 15.6 Å². The molecule has 0 aliphatic rings. The van der Waals surface area contributed by atoms with Crippen molar-refractivity contribution in [1.82, 2.24) is 5.32 Å². The number of halogens is 3. The van der Waals surface area contributed by atoms with E-state index in [0.29, 0.717) is 29.0 Å². The second kappa shape index (κ2) is 11.7. The molecule has 0 bridgehead atoms. The minimum atomic E-state index is -4.85. The third kappa shape index (κ3) is 7.73. The number of sulfone groups is 1. The Labute approximate surface area is 216 Å². The molecule has 0 atom stereocenters. The molecule has 0 spiro atoms. The lowest BCUT2D eigenvalue weighted by Crippen LogP contribution is -2.27. The van der Waals surface area contributed by atoms with Gasteiger partial charge in [-0.1, -0.05) is 31.2 Å². The van der Waals surface area contributed by atoms with Gasteiger partial charge in [-0.2, -0.15) is 13.2 Å². The second-order valence-electron chi connectivity index (χ2n) is 8.00. The average Bonchev–Trinajstić information content (AvgIpc) is 3.33. The fraction of sp³-hybridized carbons (Fsp3) is 0.240. The summed E-state index contributed by atoms with van der Waals surface area (Å²) in [7, 11) is -3.46. The third-order valence-electron chi connectivity index (χ3n) is 5.01. The lowest BCUT2D eigenvalue weighted by atomic mass is 10.1. The number of alkyl halides is 3. The predicted molar refractivity (Wildman–Crippen MR) is 138 cm³/mol. The topological polar surface area (TPSA) is 109 Å². The van der Waals surface area contributed by atoms with Crippen molar-refractivity contribution in [3.05, 3.63) is 64.9 Å². The second-order valence-corrected chi connectivity index (χ2v) is 10.9. The number of hydrogen-bond donors (Lipinski definition) is 2. The minimum absolute atomic E-state index is 0.0461. The Balaban J connectivity index is 2.03. The Kier molecular flexibility index (Phi) is 8.87. The van der Waals surface area contributed by atoms with Gasteiger partial charge in [0.2, 0.25) is 0 Å². The van der Waals surface area contributed by atoms with Gasteiger partial charge < -0.3 is 15.5 Å². The highest BCUT2D eigenvalue weighted by atomic mass is 32.2. The number of para-hydroxylation sites is 2. The van der Waals surface area contributed by atoms with Crippen molar-refractivity contribution >= 4 is 44.4 Å². The normalized spacial score (nSPS) is 12.3. The van der Waals surface area contributed by atoms with E-state index in [1.807, 2.05) is 6.92 Å². The lowest BCUT2D eigenvalue weighted by molar-refractivity contribution is -0.0605. The number of hydrogen-bond acceptors (Lipinski definition) is 7. The van der Waals surface area contributed by atoms with E-state index < -0.39 is 34.2 Å². The van der Waals surface area contributed by atoms with Gasteiger partial charge in [0.1, 0.15) is 11.4 Å². The molecule has 1 heterocycles. The fourth-order valence-corrected chi connectivity index (χ4v) is 4.71. The number of thiophene rings is 1. The molecule has 7 nitrogen and oxygen atoms in total. The van der Waals surface area contributed by atoms with Crippen molar-refractivity contribution in [3.8, 4) is 16.9 Å². The van der Waals surface area contributed by atoms with Crippen molar-refractivity contribution in [1.29, 1.82) is 5.41 Å². The first-order valence-corrected chi connectivity index (χ1v) is 13.8. The van der Waals surface area contributed by atoms with Crippen LogP contribution in [0.5, 0.6) is 5.75 Å². The van der Waals surface area contributed by atoms with E-state index in [2.05, 4.69) is 10.3 Å². The standard InChI is InChI=1S/C25H24F3N3O4S2/c1-3-11-30-24(32)35-21-10-5-4-9-19(21)31-20(14-23(29)25(26,27)28)22-13-17(15-36-22)16-7-6-8-18(12-16)37(2,33)34/h4-10,12-13,15,29H,3,11,14H2,1-2H3,(H,30,32). The molecule has 0 aliphatic carbocycles. The van der Waals surface area contributed by atoms with Gasteiger partial charge in [-0.25, -0.2) is 18.2 Å². The quantitative estimate of drug-likeness (QED) is 0.300. The SMILES string of the molecule is CCCNC(=O)Oc1ccccc1N=C(CC(=N)C(F)(F)F)c1cc(-c2cccc(S(C)(=O)=O)c2)cs1. The number of amides is 1. The van der Waals surface area contributed by atoms with E-state index >= 15 is 0 Å². The van der Waals surface area contributed by atoms with E-state index in [4.69, 9.17) is 10.1 Å². The van der Waals surface area contributed by atoms with Crippen LogP contribution in [0, 0.1) is 5.41 Å². The fourth-order valence-electron chi connectivity index (χ4n) is 3.14. The van der Waals surface area contributed by atoms with Crippen LogP contribution in [0.25, 0.3) is 11.1 Å². The first kappa shape index (κ1) is 28.1. The molecule has 0 aliphatic heterocycles.